The average molecular weight is 297 g/mol. The molecule has 1 fully saturated rings. The first kappa shape index (κ1) is 14.7. The van der Waals surface area contributed by atoms with E-state index in [0.29, 0.717) is 11.6 Å². The van der Waals surface area contributed by atoms with E-state index in [1.54, 1.807) is 11.9 Å². The smallest absolute Gasteiger partial charge is 0.335 e. The quantitative estimate of drug-likeness (QED) is 0.895. The Bertz CT molecular complexity index is 529. The van der Waals surface area contributed by atoms with E-state index in [-0.39, 0.29) is 16.6 Å². The van der Waals surface area contributed by atoms with E-state index in [1.165, 1.54) is 24.6 Å². The lowest BCUT2D eigenvalue weighted by atomic mass is 9.85. The fraction of sp³-hybridized carbons (Fsp3) is 0.429. The van der Waals surface area contributed by atoms with E-state index in [1.807, 2.05) is 0 Å². The zero-order valence-corrected chi connectivity index (χ0v) is 12.0. The van der Waals surface area contributed by atoms with Crippen molar-refractivity contribution in [2.24, 2.45) is 5.92 Å². The molecule has 0 radical (unpaired) electrons. The lowest BCUT2D eigenvalue weighted by Gasteiger charge is -2.30. The minimum atomic E-state index is -1.08. The van der Waals surface area contributed by atoms with Crippen molar-refractivity contribution in [3.63, 3.8) is 0 Å². The predicted molar refractivity (Wildman–Crippen MR) is 77.4 cm³/mol. The minimum absolute atomic E-state index is 0.0504. The number of carboxylic acids is 1. The fourth-order valence-corrected chi connectivity index (χ4v) is 2.38. The van der Waals surface area contributed by atoms with Gasteiger partial charge in [0, 0.05) is 24.3 Å². The van der Waals surface area contributed by atoms with E-state index in [0.717, 1.165) is 19.4 Å². The molecule has 0 bridgehead atoms. The Kier molecular flexibility index (Phi) is 4.49. The monoisotopic (exact) mass is 296 g/mol. The van der Waals surface area contributed by atoms with Crippen molar-refractivity contribution < 1.29 is 14.7 Å². The number of carbonyl (C=O) groups is 2. The molecular weight excluding hydrogens is 280 g/mol. The Balaban J connectivity index is 2.01. The highest BCUT2D eigenvalue weighted by Gasteiger charge is 2.21. The lowest BCUT2D eigenvalue weighted by molar-refractivity contribution is 0.0697. The molecular formula is C14H17ClN2O3. The molecule has 1 aliphatic carbocycles. The second kappa shape index (κ2) is 6.13. The highest BCUT2D eigenvalue weighted by molar-refractivity contribution is 6.31. The summed E-state index contributed by atoms with van der Waals surface area (Å²) < 4.78 is 0. The third-order valence-electron chi connectivity index (χ3n) is 3.50. The predicted octanol–water partition coefficient (Wildman–Crippen LogP) is 3.30. The van der Waals surface area contributed by atoms with Crippen LogP contribution in [0.1, 0.15) is 29.6 Å². The van der Waals surface area contributed by atoms with Gasteiger partial charge in [0.05, 0.1) is 5.56 Å². The second-order valence-corrected chi connectivity index (χ2v) is 5.58. The van der Waals surface area contributed by atoms with Crippen molar-refractivity contribution in [1.29, 1.82) is 0 Å². The highest BCUT2D eigenvalue weighted by atomic mass is 35.5. The summed E-state index contributed by atoms with van der Waals surface area (Å²) in [4.78, 5) is 24.6. The van der Waals surface area contributed by atoms with Crippen LogP contribution < -0.4 is 5.32 Å². The molecule has 2 rings (SSSR count). The molecule has 2 N–H and O–H groups in total. The molecule has 5 nitrogen and oxygen atoms in total. The van der Waals surface area contributed by atoms with Gasteiger partial charge in [-0.1, -0.05) is 18.0 Å². The lowest BCUT2D eigenvalue weighted by Crippen LogP contribution is -2.37. The van der Waals surface area contributed by atoms with E-state index in [2.05, 4.69) is 5.32 Å². The minimum Gasteiger partial charge on any atom is -0.478 e. The summed E-state index contributed by atoms with van der Waals surface area (Å²) in [5, 5.41) is 11.9. The third-order valence-corrected chi connectivity index (χ3v) is 3.72. The van der Waals surface area contributed by atoms with Gasteiger partial charge in [-0.3, -0.25) is 0 Å². The van der Waals surface area contributed by atoms with Crippen LogP contribution in [0.2, 0.25) is 5.02 Å². The van der Waals surface area contributed by atoms with Gasteiger partial charge in [-0.15, -0.1) is 0 Å². The molecule has 108 valence electrons. The zero-order valence-electron chi connectivity index (χ0n) is 11.2. The Morgan fingerprint density at radius 1 is 1.40 bits per heavy atom. The van der Waals surface area contributed by atoms with Crippen LogP contribution in [0.3, 0.4) is 0 Å². The normalized spacial score (nSPS) is 14.5. The summed E-state index contributed by atoms with van der Waals surface area (Å²) in [5.41, 5.74) is 0.440. The van der Waals surface area contributed by atoms with Gasteiger partial charge in [-0.25, -0.2) is 9.59 Å². The molecule has 1 aliphatic rings. The van der Waals surface area contributed by atoms with Gasteiger partial charge in [0.15, 0.2) is 0 Å². The summed E-state index contributed by atoms with van der Waals surface area (Å²) in [7, 11) is 1.73. The van der Waals surface area contributed by atoms with Gasteiger partial charge in [-0.2, -0.15) is 0 Å². The molecule has 1 saturated carbocycles. The number of amides is 2. The first-order valence-corrected chi connectivity index (χ1v) is 6.89. The molecule has 0 saturated heterocycles. The Labute approximate surface area is 122 Å². The molecule has 0 atom stereocenters. The summed E-state index contributed by atoms with van der Waals surface area (Å²) >= 11 is 5.84. The summed E-state index contributed by atoms with van der Waals surface area (Å²) in [6.45, 7) is 0.720. The van der Waals surface area contributed by atoms with Crippen LogP contribution in [-0.4, -0.2) is 35.6 Å². The van der Waals surface area contributed by atoms with Gasteiger partial charge >= 0.3 is 12.0 Å². The number of benzene rings is 1. The second-order valence-electron chi connectivity index (χ2n) is 5.14. The molecule has 0 aromatic heterocycles. The van der Waals surface area contributed by atoms with E-state index < -0.39 is 5.97 Å². The van der Waals surface area contributed by atoms with Crippen LogP contribution in [-0.2, 0) is 0 Å². The highest BCUT2D eigenvalue weighted by Crippen LogP contribution is 2.27. The molecule has 2 amide bonds. The first-order chi connectivity index (χ1) is 9.45. The van der Waals surface area contributed by atoms with Crippen molar-refractivity contribution in [3.8, 4) is 0 Å². The largest absolute Gasteiger partial charge is 0.478 e. The SMILES string of the molecule is CN(CC1CCC1)C(=O)Nc1cc(Cl)cc(C(=O)O)c1. The summed E-state index contributed by atoms with van der Waals surface area (Å²) in [6.07, 6.45) is 3.56. The Morgan fingerprint density at radius 3 is 2.65 bits per heavy atom. The summed E-state index contributed by atoms with van der Waals surface area (Å²) in [6, 6.07) is 4.01. The fourth-order valence-electron chi connectivity index (χ4n) is 2.15. The average Bonchev–Trinajstić information content (AvgIpc) is 2.32. The number of aromatic carboxylic acids is 1. The maximum absolute atomic E-state index is 12.0. The van der Waals surface area contributed by atoms with Gasteiger partial charge in [0.1, 0.15) is 0 Å². The number of hydrogen-bond acceptors (Lipinski definition) is 2. The van der Waals surface area contributed by atoms with E-state index >= 15 is 0 Å². The molecule has 1 aromatic carbocycles. The number of hydrogen-bond donors (Lipinski definition) is 2. The van der Waals surface area contributed by atoms with Crippen LogP contribution in [0.25, 0.3) is 0 Å². The number of halogens is 1. The molecule has 0 heterocycles. The topological polar surface area (TPSA) is 69.6 Å². The maximum Gasteiger partial charge on any atom is 0.335 e. The molecule has 20 heavy (non-hydrogen) atoms. The van der Waals surface area contributed by atoms with Gasteiger partial charge in [0.25, 0.3) is 0 Å². The van der Waals surface area contributed by atoms with E-state index in [9.17, 15) is 9.59 Å². The molecule has 0 spiro atoms. The number of nitrogens with one attached hydrogen (secondary N) is 1. The van der Waals surface area contributed by atoms with Crippen LogP contribution in [0.5, 0.6) is 0 Å². The zero-order chi connectivity index (χ0) is 14.7. The Morgan fingerprint density at radius 2 is 2.10 bits per heavy atom. The van der Waals surface area contributed by atoms with Crippen molar-refractivity contribution in [2.75, 3.05) is 18.9 Å². The number of anilines is 1. The van der Waals surface area contributed by atoms with Gasteiger partial charge in [0.2, 0.25) is 0 Å². The van der Waals surface area contributed by atoms with Crippen molar-refractivity contribution in [3.05, 3.63) is 28.8 Å². The third kappa shape index (κ3) is 3.63. The molecule has 6 heteroatoms. The van der Waals surface area contributed by atoms with Crippen molar-refractivity contribution in [1.82, 2.24) is 4.90 Å². The number of carboxylic acid groups (broad SMARTS) is 1. The number of carbonyl (C=O) groups excluding carboxylic acids is 1. The van der Waals surface area contributed by atoms with Crippen LogP contribution in [0.15, 0.2) is 18.2 Å². The molecule has 0 unspecified atom stereocenters. The number of nitrogens with zero attached hydrogens (tertiary/aromatic N) is 1. The number of rotatable bonds is 4. The van der Waals surface area contributed by atoms with Crippen LogP contribution >= 0.6 is 11.6 Å². The first-order valence-electron chi connectivity index (χ1n) is 6.51. The van der Waals surface area contributed by atoms with E-state index in [4.69, 9.17) is 16.7 Å². The van der Waals surface area contributed by atoms with Gasteiger partial charge < -0.3 is 15.3 Å². The Hall–Kier alpha value is -1.75. The van der Waals surface area contributed by atoms with Crippen molar-refractivity contribution >= 4 is 29.3 Å². The van der Waals surface area contributed by atoms with Crippen LogP contribution in [0.4, 0.5) is 10.5 Å². The maximum atomic E-state index is 12.0. The molecule has 1 aromatic rings. The number of urea groups is 1. The van der Waals surface area contributed by atoms with Gasteiger partial charge in [-0.05, 0) is 37.0 Å². The van der Waals surface area contributed by atoms with Crippen molar-refractivity contribution in [2.45, 2.75) is 19.3 Å². The van der Waals surface area contributed by atoms with Crippen LogP contribution in [0, 0.1) is 5.92 Å². The summed E-state index contributed by atoms with van der Waals surface area (Å²) in [5.74, 6) is -0.495. The standard InChI is InChI=1S/C14H17ClN2O3/c1-17(8-9-3-2-4-9)14(20)16-12-6-10(13(18)19)5-11(15)7-12/h5-7,9H,2-4,8H2,1H3,(H,16,20)(H,18,19). The molecule has 0 aliphatic heterocycles.